The Morgan fingerprint density at radius 3 is 2.93 bits per heavy atom. The summed E-state index contributed by atoms with van der Waals surface area (Å²) in [6.07, 6.45) is 3.25. The van der Waals surface area contributed by atoms with E-state index in [1.54, 1.807) is 22.1 Å². The molecule has 8 nitrogen and oxygen atoms in total. The Hall–Kier alpha value is -2.69. The minimum Gasteiger partial charge on any atom is -0.488 e. The van der Waals surface area contributed by atoms with Gasteiger partial charge in [-0.15, -0.1) is 5.10 Å². The van der Waals surface area contributed by atoms with E-state index in [0.717, 1.165) is 10.0 Å². The van der Waals surface area contributed by atoms with Crippen molar-refractivity contribution in [1.82, 2.24) is 25.1 Å². The highest BCUT2D eigenvalue weighted by Crippen LogP contribution is 2.31. The number of aromatic nitrogens is 4. The van der Waals surface area contributed by atoms with E-state index in [0.29, 0.717) is 23.1 Å². The van der Waals surface area contributed by atoms with Gasteiger partial charge in [0.1, 0.15) is 17.9 Å². The highest BCUT2D eigenvalue weighted by molar-refractivity contribution is 9.10. The number of halogens is 1. The van der Waals surface area contributed by atoms with Gasteiger partial charge in [0.2, 0.25) is 11.6 Å². The first-order valence-corrected chi connectivity index (χ1v) is 10.5. The summed E-state index contributed by atoms with van der Waals surface area (Å²) >= 11 is 8.97. The van der Waals surface area contributed by atoms with E-state index in [9.17, 15) is 4.79 Å². The summed E-state index contributed by atoms with van der Waals surface area (Å²) in [5.74, 6) is 1.22. The average Bonchev–Trinajstić information content (AvgIpc) is 3.18. The maximum atomic E-state index is 12.6. The average molecular weight is 487 g/mol. The highest BCUT2D eigenvalue weighted by atomic mass is 79.9. The van der Waals surface area contributed by atoms with Gasteiger partial charge in [0.05, 0.1) is 19.1 Å². The van der Waals surface area contributed by atoms with Crippen molar-refractivity contribution in [2.75, 3.05) is 25.1 Å². The fourth-order valence-corrected chi connectivity index (χ4v) is 3.61. The third-order valence-electron chi connectivity index (χ3n) is 4.63. The number of ether oxygens (including phenoxy) is 1. The first-order valence-electron chi connectivity index (χ1n) is 9.27. The molecule has 3 aromatic rings. The number of anilines is 1. The zero-order chi connectivity index (χ0) is 21.1. The SMILES string of the molecule is CN1C(=S)[C@@H](NCC(=O)c2ncn(Cc3ccccc3)n2)COc2cc(Br)cnc21. The molecule has 1 atom stereocenters. The second-order valence-electron chi connectivity index (χ2n) is 6.79. The molecule has 10 heteroatoms. The van der Waals surface area contributed by atoms with Gasteiger partial charge in [-0.3, -0.25) is 10.1 Å². The quantitative estimate of drug-likeness (QED) is 0.420. The van der Waals surface area contributed by atoms with Crippen LogP contribution in [0.2, 0.25) is 0 Å². The zero-order valence-corrected chi connectivity index (χ0v) is 18.6. The van der Waals surface area contributed by atoms with E-state index >= 15 is 0 Å². The largest absolute Gasteiger partial charge is 0.488 e. The molecule has 2 aromatic heterocycles. The first-order chi connectivity index (χ1) is 14.5. The lowest BCUT2D eigenvalue weighted by Gasteiger charge is -2.22. The molecule has 0 spiro atoms. The van der Waals surface area contributed by atoms with E-state index in [1.807, 2.05) is 43.4 Å². The van der Waals surface area contributed by atoms with Crippen LogP contribution < -0.4 is 15.0 Å². The number of benzene rings is 1. The van der Waals surface area contributed by atoms with Gasteiger partial charge in [0, 0.05) is 17.7 Å². The molecule has 0 fully saturated rings. The molecule has 154 valence electrons. The van der Waals surface area contributed by atoms with Crippen LogP contribution in [-0.2, 0) is 6.54 Å². The van der Waals surface area contributed by atoms with Crippen LogP contribution in [0.4, 0.5) is 5.82 Å². The number of hydrogen-bond acceptors (Lipinski definition) is 7. The number of thiocarbonyl (C=S) groups is 1. The number of carbonyl (C=O) groups excluding carboxylic acids is 1. The third-order valence-corrected chi connectivity index (χ3v) is 5.63. The Bertz CT molecular complexity index is 1070. The second-order valence-corrected chi connectivity index (χ2v) is 8.13. The molecule has 0 aliphatic carbocycles. The number of nitrogens with zero attached hydrogens (tertiary/aromatic N) is 5. The Balaban J connectivity index is 1.38. The van der Waals surface area contributed by atoms with Crippen LogP contribution in [0.1, 0.15) is 16.2 Å². The topological polar surface area (TPSA) is 85.2 Å². The van der Waals surface area contributed by atoms with E-state index in [4.69, 9.17) is 17.0 Å². The van der Waals surface area contributed by atoms with Crippen LogP contribution in [0, 0.1) is 0 Å². The van der Waals surface area contributed by atoms with E-state index in [-0.39, 0.29) is 30.8 Å². The van der Waals surface area contributed by atoms with Crippen LogP contribution in [0.15, 0.2) is 53.4 Å². The van der Waals surface area contributed by atoms with Gasteiger partial charge in [-0.25, -0.2) is 14.6 Å². The third kappa shape index (κ3) is 4.55. The summed E-state index contributed by atoms with van der Waals surface area (Å²) in [5.41, 5.74) is 1.09. The number of carbonyl (C=O) groups is 1. The molecule has 30 heavy (non-hydrogen) atoms. The molecular formula is C20H19BrN6O2S. The maximum Gasteiger partial charge on any atom is 0.218 e. The van der Waals surface area contributed by atoms with Crippen molar-refractivity contribution in [2.24, 2.45) is 0 Å². The van der Waals surface area contributed by atoms with Gasteiger partial charge in [0.25, 0.3) is 0 Å². The lowest BCUT2D eigenvalue weighted by molar-refractivity contribution is 0.0977. The maximum absolute atomic E-state index is 12.6. The van der Waals surface area contributed by atoms with Crippen molar-refractivity contribution < 1.29 is 9.53 Å². The van der Waals surface area contributed by atoms with Crippen LogP contribution in [0.3, 0.4) is 0 Å². The number of fused-ring (bicyclic) bond motifs is 1. The summed E-state index contributed by atoms with van der Waals surface area (Å²) in [4.78, 5) is 23.5. The predicted octanol–water partition coefficient (Wildman–Crippen LogP) is 2.48. The minimum absolute atomic E-state index is 0.0465. The molecule has 1 aromatic carbocycles. The Morgan fingerprint density at radius 2 is 2.13 bits per heavy atom. The molecule has 3 heterocycles. The van der Waals surface area contributed by atoms with Crippen molar-refractivity contribution in [3.63, 3.8) is 0 Å². The molecule has 0 saturated heterocycles. The number of Topliss-reactive ketones (excluding diaryl/α,β-unsaturated/α-hetero) is 1. The van der Waals surface area contributed by atoms with Crippen molar-refractivity contribution in [3.05, 3.63) is 64.8 Å². The van der Waals surface area contributed by atoms with Crippen molar-refractivity contribution in [3.8, 4) is 5.75 Å². The summed E-state index contributed by atoms with van der Waals surface area (Å²) in [7, 11) is 1.83. The van der Waals surface area contributed by atoms with Crippen molar-refractivity contribution in [2.45, 2.75) is 12.6 Å². The highest BCUT2D eigenvalue weighted by Gasteiger charge is 2.28. The van der Waals surface area contributed by atoms with E-state index in [1.165, 1.54) is 0 Å². The standard InChI is InChI=1S/C20H19BrN6O2S/c1-26-19-17(7-14(21)8-23-19)29-11-15(20(26)30)22-9-16(28)18-24-12-27(25-18)10-13-5-3-2-4-6-13/h2-8,12,15,22H,9-11H2,1H3/t15-/m0/s1. The lowest BCUT2D eigenvalue weighted by Crippen LogP contribution is -2.47. The Morgan fingerprint density at radius 1 is 1.33 bits per heavy atom. The number of rotatable bonds is 6. The normalized spacial score (nSPS) is 16.0. The Kier molecular flexibility index (Phi) is 6.16. The molecule has 1 N–H and O–H groups in total. The molecule has 4 rings (SSSR count). The van der Waals surface area contributed by atoms with Crippen LogP contribution in [-0.4, -0.2) is 56.8 Å². The summed E-state index contributed by atoms with van der Waals surface area (Å²) in [6.45, 7) is 0.892. The number of ketones is 1. The number of nitrogens with one attached hydrogen (secondary N) is 1. The smallest absolute Gasteiger partial charge is 0.218 e. The fraction of sp³-hybridized carbons (Fsp3) is 0.250. The molecule has 0 amide bonds. The molecule has 0 unspecified atom stereocenters. The van der Waals surface area contributed by atoms with Gasteiger partial charge >= 0.3 is 0 Å². The predicted molar refractivity (Wildman–Crippen MR) is 120 cm³/mol. The monoisotopic (exact) mass is 486 g/mol. The minimum atomic E-state index is -0.326. The van der Waals surface area contributed by atoms with Crippen molar-refractivity contribution in [1.29, 1.82) is 0 Å². The number of hydrogen-bond donors (Lipinski definition) is 1. The van der Waals surface area contributed by atoms with Gasteiger partial charge in [0.15, 0.2) is 11.6 Å². The Labute approximate surface area is 187 Å². The molecular weight excluding hydrogens is 468 g/mol. The molecule has 0 radical (unpaired) electrons. The zero-order valence-electron chi connectivity index (χ0n) is 16.2. The second kappa shape index (κ2) is 8.99. The van der Waals surface area contributed by atoms with Crippen LogP contribution in [0.5, 0.6) is 5.75 Å². The summed E-state index contributed by atoms with van der Waals surface area (Å²) in [6, 6.07) is 11.4. The molecule has 0 saturated carbocycles. The number of pyridine rings is 1. The van der Waals surface area contributed by atoms with Crippen LogP contribution >= 0.6 is 28.1 Å². The van der Waals surface area contributed by atoms with Gasteiger partial charge in [-0.2, -0.15) is 0 Å². The summed E-state index contributed by atoms with van der Waals surface area (Å²) < 4.78 is 8.33. The van der Waals surface area contributed by atoms with Crippen molar-refractivity contribution >= 4 is 44.7 Å². The van der Waals surface area contributed by atoms with E-state index < -0.39 is 0 Å². The van der Waals surface area contributed by atoms with E-state index in [2.05, 4.69) is 36.3 Å². The first kappa shape index (κ1) is 20.6. The molecule has 0 bridgehead atoms. The summed E-state index contributed by atoms with van der Waals surface area (Å²) in [5, 5.41) is 7.45. The fourth-order valence-electron chi connectivity index (χ4n) is 3.06. The lowest BCUT2D eigenvalue weighted by atomic mass is 10.2. The number of likely N-dealkylation sites (N-methyl/N-ethyl adjacent to an activating group) is 1. The van der Waals surface area contributed by atoms with Gasteiger partial charge in [-0.05, 0) is 27.6 Å². The van der Waals surface area contributed by atoms with Gasteiger partial charge < -0.3 is 9.64 Å². The molecule has 1 aliphatic rings. The van der Waals surface area contributed by atoms with Gasteiger partial charge in [-0.1, -0.05) is 42.5 Å². The van der Waals surface area contributed by atoms with Crippen LogP contribution in [0.25, 0.3) is 0 Å². The molecule has 1 aliphatic heterocycles.